The fraction of sp³-hybridized carbons (Fsp3) is 0.750. The molecular formula is C8H14N2O3S. The Morgan fingerprint density at radius 1 is 1.57 bits per heavy atom. The van der Waals surface area contributed by atoms with Crippen molar-refractivity contribution in [3.63, 3.8) is 0 Å². The summed E-state index contributed by atoms with van der Waals surface area (Å²) in [6.07, 6.45) is 0. The Labute approximate surface area is 88.3 Å². The van der Waals surface area contributed by atoms with Crippen molar-refractivity contribution >= 4 is 23.8 Å². The zero-order valence-corrected chi connectivity index (χ0v) is 8.72. The molecule has 0 aromatic rings. The van der Waals surface area contributed by atoms with Crippen LogP contribution in [0.2, 0.25) is 0 Å². The first-order valence-corrected chi connectivity index (χ1v) is 4.91. The van der Waals surface area contributed by atoms with Gasteiger partial charge in [-0.25, -0.2) is 0 Å². The van der Waals surface area contributed by atoms with Crippen LogP contribution < -0.4 is 5.32 Å². The number of hydrogen-bond acceptors (Lipinski definition) is 4. The van der Waals surface area contributed by atoms with Crippen LogP contribution in [0.15, 0.2) is 0 Å². The highest BCUT2D eigenvalue weighted by atomic mass is 32.1. The molecule has 1 saturated heterocycles. The zero-order chi connectivity index (χ0) is 10.2. The lowest BCUT2D eigenvalue weighted by Gasteiger charge is -2.29. The molecule has 1 aliphatic rings. The zero-order valence-electron chi connectivity index (χ0n) is 7.90. The second-order valence-electron chi connectivity index (χ2n) is 2.80. The van der Waals surface area contributed by atoms with Crippen LogP contribution in [0.4, 0.5) is 0 Å². The summed E-state index contributed by atoms with van der Waals surface area (Å²) >= 11 is 5.14. The Hall–Kier alpha value is -0.880. The van der Waals surface area contributed by atoms with Gasteiger partial charge < -0.3 is 19.7 Å². The number of ether oxygens (including phenoxy) is 2. The van der Waals surface area contributed by atoms with E-state index in [1.54, 1.807) is 0 Å². The van der Waals surface area contributed by atoms with E-state index in [1.807, 2.05) is 4.90 Å². The number of carbonyl (C=O) groups is 1. The largest absolute Gasteiger partial charge is 0.466 e. The Balaban J connectivity index is 2.10. The van der Waals surface area contributed by atoms with Crippen molar-refractivity contribution in [2.45, 2.75) is 0 Å². The van der Waals surface area contributed by atoms with Crippen LogP contribution in [0.25, 0.3) is 0 Å². The molecule has 14 heavy (non-hydrogen) atoms. The molecule has 1 N–H and O–H groups in total. The standard InChI is InChI=1S/C8H14N2O3S/c11-7-13-4-1-9-8(14)10-2-5-12-6-3-10/h7H,1-6H2,(H,9,14). The lowest BCUT2D eigenvalue weighted by Crippen LogP contribution is -2.46. The molecule has 1 aliphatic heterocycles. The second kappa shape index (κ2) is 6.56. The van der Waals surface area contributed by atoms with Crippen molar-refractivity contribution in [3.05, 3.63) is 0 Å². The number of rotatable bonds is 4. The van der Waals surface area contributed by atoms with Gasteiger partial charge in [-0.2, -0.15) is 0 Å². The average Bonchev–Trinajstić information content (AvgIpc) is 2.25. The number of nitrogens with one attached hydrogen (secondary N) is 1. The molecule has 0 spiro atoms. The molecule has 0 amide bonds. The summed E-state index contributed by atoms with van der Waals surface area (Å²) in [5.41, 5.74) is 0. The van der Waals surface area contributed by atoms with Crippen LogP contribution in [0.1, 0.15) is 0 Å². The average molecular weight is 218 g/mol. The Morgan fingerprint density at radius 3 is 2.93 bits per heavy atom. The van der Waals surface area contributed by atoms with E-state index in [4.69, 9.17) is 17.0 Å². The molecule has 6 heteroatoms. The maximum absolute atomic E-state index is 9.84. The van der Waals surface area contributed by atoms with Crippen LogP contribution in [-0.4, -0.2) is 55.9 Å². The van der Waals surface area contributed by atoms with Gasteiger partial charge in [-0.05, 0) is 12.2 Å². The number of hydrogen-bond donors (Lipinski definition) is 1. The SMILES string of the molecule is O=COCCNC(=S)N1CCOCC1. The van der Waals surface area contributed by atoms with E-state index >= 15 is 0 Å². The molecule has 5 nitrogen and oxygen atoms in total. The van der Waals surface area contributed by atoms with Crippen LogP contribution in [-0.2, 0) is 14.3 Å². The minimum Gasteiger partial charge on any atom is -0.466 e. The topological polar surface area (TPSA) is 50.8 Å². The molecule has 0 bridgehead atoms. The van der Waals surface area contributed by atoms with Gasteiger partial charge in [0.2, 0.25) is 0 Å². The van der Waals surface area contributed by atoms with E-state index in [0.717, 1.165) is 13.1 Å². The number of carbonyl (C=O) groups excluding carboxylic acids is 1. The summed E-state index contributed by atoms with van der Waals surface area (Å²) in [6.45, 7) is 4.39. The molecule has 1 rings (SSSR count). The normalized spacial score (nSPS) is 16.1. The van der Waals surface area contributed by atoms with Gasteiger partial charge in [0.15, 0.2) is 5.11 Å². The van der Waals surface area contributed by atoms with E-state index in [0.29, 0.717) is 38.0 Å². The van der Waals surface area contributed by atoms with E-state index < -0.39 is 0 Å². The van der Waals surface area contributed by atoms with Crippen LogP contribution in [0, 0.1) is 0 Å². The van der Waals surface area contributed by atoms with Gasteiger partial charge in [-0.3, -0.25) is 4.79 Å². The van der Waals surface area contributed by atoms with Crippen molar-refractivity contribution < 1.29 is 14.3 Å². The van der Waals surface area contributed by atoms with Gasteiger partial charge in [-0.1, -0.05) is 0 Å². The molecule has 0 unspecified atom stereocenters. The summed E-state index contributed by atoms with van der Waals surface area (Å²) in [5, 5.41) is 3.70. The number of thiocarbonyl (C=S) groups is 1. The Kier molecular flexibility index (Phi) is 5.24. The fourth-order valence-electron chi connectivity index (χ4n) is 1.14. The van der Waals surface area contributed by atoms with Gasteiger partial charge in [-0.15, -0.1) is 0 Å². The number of morpholine rings is 1. The lowest BCUT2D eigenvalue weighted by atomic mass is 10.4. The predicted molar refractivity (Wildman–Crippen MR) is 55.0 cm³/mol. The summed E-state index contributed by atoms with van der Waals surface area (Å²) < 4.78 is 9.72. The molecule has 80 valence electrons. The van der Waals surface area contributed by atoms with Crippen molar-refractivity contribution in [3.8, 4) is 0 Å². The first kappa shape index (κ1) is 11.2. The molecule has 0 saturated carbocycles. The third-order valence-corrected chi connectivity index (χ3v) is 2.27. The van der Waals surface area contributed by atoms with E-state index in [-0.39, 0.29) is 0 Å². The second-order valence-corrected chi connectivity index (χ2v) is 3.19. The van der Waals surface area contributed by atoms with Gasteiger partial charge >= 0.3 is 0 Å². The first-order chi connectivity index (χ1) is 6.84. The van der Waals surface area contributed by atoms with Crippen LogP contribution >= 0.6 is 12.2 Å². The van der Waals surface area contributed by atoms with Crippen molar-refractivity contribution in [1.82, 2.24) is 10.2 Å². The van der Waals surface area contributed by atoms with Gasteiger partial charge in [0.25, 0.3) is 6.47 Å². The minimum atomic E-state index is 0.341. The predicted octanol–water partition coefficient (Wildman–Crippen LogP) is -0.634. The summed E-state index contributed by atoms with van der Waals surface area (Å²) in [6, 6.07) is 0. The van der Waals surface area contributed by atoms with Crippen LogP contribution in [0.5, 0.6) is 0 Å². The third kappa shape index (κ3) is 3.89. The monoisotopic (exact) mass is 218 g/mol. The molecule has 0 aliphatic carbocycles. The smallest absolute Gasteiger partial charge is 0.293 e. The maximum atomic E-state index is 9.84. The molecule has 1 fully saturated rings. The maximum Gasteiger partial charge on any atom is 0.293 e. The molecular weight excluding hydrogens is 204 g/mol. The van der Waals surface area contributed by atoms with Crippen LogP contribution in [0.3, 0.4) is 0 Å². The highest BCUT2D eigenvalue weighted by Gasteiger charge is 2.12. The quantitative estimate of drug-likeness (QED) is 0.385. The van der Waals surface area contributed by atoms with Gasteiger partial charge in [0.1, 0.15) is 6.61 Å². The molecule has 1 heterocycles. The Morgan fingerprint density at radius 2 is 2.29 bits per heavy atom. The van der Waals surface area contributed by atoms with E-state index in [9.17, 15) is 4.79 Å². The van der Waals surface area contributed by atoms with E-state index in [2.05, 4.69) is 10.1 Å². The van der Waals surface area contributed by atoms with Crippen molar-refractivity contribution in [2.24, 2.45) is 0 Å². The molecule has 0 radical (unpaired) electrons. The lowest BCUT2D eigenvalue weighted by molar-refractivity contribution is -0.128. The molecule has 0 aromatic carbocycles. The molecule has 0 aromatic heterocycles. The Bertz CT molecular complexity index is 195. The van der Waals surface area contributed by atoms with Crippen molar-refractivity contribution in [1.29, 1.82) is 0 Å². The summed E-state index contributed by atoms with van der Waals surface area (Å²) in [7, 11) is 0. The minimum absolute atomic E-state index is 0.341. The summed E-state index contributed by atoms with van der Waals surface area (Å²) in [4.78, 5) is 11.9. The first-order valence-electron chi connectivity index (χ1n) is 4.50. The molecule has 0 atom stereocenters. The summed E-state index contributed by atoms with van der Waals surface area (Å²) in [5.74, 6) is 0. The fourth-order valence-corrected chi connectivity index (χ4v) is 1.43. The third-order valence-electron chi connectivity index (χ3n) is 1.86. The number of nitrogens with zero attached hydrogens (tertiary/aromatic N) is 1. The van der Waals surface area contributed by atoms with Crippen molar-refractivity contribution in [2.75, 3.05) is 39.5 Å². The van der Waals surface area contributed by atoms with Gasteiger partial charge in [0.05, 0.1) is 19.8 Å². The van der Waals surface area contributed by atoms with E-state index in [1.165, 1.54) is 0 Å². The highest BCUT2D eigenvalue weighted by Crippen LogP contribution is 1.96. The highest BCUT2D eigenvalue weighted by molar-refractivity contribution is 7.80. The van der Waals surface area contributed by atoms with Gasteiger partial charge in [0, 0.05) is 13.1 Å².